The van der Waals surface area contributed by atoms with E-state index in [0.717, 1.165) is 39.0 Å². The van der Waals surface area contributed by atoms with Crippen molar-refractivity contribution in [3.8, 4) is 22.3 Å². The van der Waals surface area contributed by atoms with E-state index >= 15 is 0 Å². The van der Waals surface area contributed by atoms with E-state index in [1.165, 1.54) is 65.3 Å². The van der Waals surface area contributed by atoms with Crippen LogP contribution in [0.5, 0.6) is 0 Å². The quantitative estimate of drug-likeness (QED) is 0.168. The maximum atomic E-state index is 6.23. The molecule has 0 aliphatic carbocycles. The lowest BCUT2D eigenvalue weighted by atomic mass is 9.90. The molecule has 0 amide bonds. The largest absolute Gasteiger partial charge is 0.456 e. The lowest BCUT2D eigenvalue weighted by Gasteiger charge is -2.26. The zero-order valence-electron chi connectivity index (χ0n) is 29.4. The third kappa shape index (κ3) is 4.88. The van der Waals surface area contributed by atoms with Gasteiger partial charge in [0.05, 0.1) is 0 Å². The Labute approximate surface area is 312 Å². The van der Waals surface area contributed by atoms with E-state index in [-0.39, 0.29) is 0 Å². The Balaban J connectivity index is 1.07. The Kier molecular flexibility index (Phi) is 6.90. The fourth-order valence-corrected chi connectivity index (χ4v) is 8.48. The zero-order chi connectivity index (χ0) is 35.6. The molecular formula is C52H33NO. The SMILES string of the molecule is c1ccc(-c2cccc(N(c3ccc(-c4cccc5c4ccc4ccc6ccc7ccccc7c6c45)cc3)c3ccc4oc5ccccc5c4c3)c2)cc1. The minimum Gasteiger partial charge on any atom is -0.456 e. The third-order valence-electron chi connectivity index (χ3n) is 11.0. The molecule has 0 bridgehead atoms. The molecule has 0 fully saturated rings. The van der Waals surface area contributed by atoms with Crippen molar-refractivity contribution >= 4 is 82.1 Å². The van der Waals surface area contributed by atoms with Crippen LogP contribution in [-0.2, 0) is 0 Å². The van der Waals surface area contributed by atoms with E-state index in [1.54, 1.807) is 0 Å². The van der Waals surface area contributed by atoms with Crippen molar-refractivity contribution in [3.05, 3.63) is 200 Å². The van der Waals surface area contributed by atoms with Crippen molar-refractivity contribution in [1.29, 1.82) is 0 Å². The second-order valence-electron chi connectivity index (χ2n) is 14.1. The van der Waals surface area contributed by atoms with Crippen LogP contribution in [0.25, 0.3) is 87.3 Å². The van der Waals surface area contributed by atoms with Gasteiger partial charge >= 0.3 is 0 Å². The van der Waals surface area contributed by atoms with Gasteiger partial charge in [0.15, 0.2) is 0 Å². The molecule has 252 valence electrons. The molecule has 0 N–H and O–H groups in total. The van der Waals surface area contributed by atoms with Gasteiger partial charge in [-0.3, -0.25) is 0 Å². The first kappa shape index (κ1) is 30.5. The predicted molar refractivity (Wildman–Crippen MR) is 229 cm³/mol. The van der Waals surface area contributed by atoms with E-state index in [9.17, 15) is 0 Å². The normalized spacial score (nSPS) is 11.7. The van der Waals surface area contributed by atoms with Gasteiger partial charge in [0.25, 0.3) is 0 Å². The molecule has 10 aromatic carbocycles. The van der Waals surface area contributed by atoms with Crippen LogP contribution in [0.2, 0.25) is 0 Å². The van der Waals surface area contributed by atoms with E-state index < -0.39 is 0 Å². The Morgan fingerprint density at radius 3 is 1.76 bits per heavy atom. The molecule has 1 aromatic heterocycles. The highest BCUT2D eigenvalue weighted by Gasteiger charge is 2.17. The van der Waals surface area contributed by atoms with Crippen molar-refractivity contribution in [2.45, 2.75) is 0 Å². The van der Waals surface area contributed by atoms with E-state index in [0.29, 0.717) is 0 Å². The van der Waals surface area contributed by atoms with Crippen LogP contribution >= 0.6 is 0 Å². The number of fused-ring (bicyclic) bond motifs is 10. The van der Waals surface area contributed by atoms with Gasteiger partial charge in [-0.2, -0.15) is 0 Å². The lowest BCUT2D eigenvalue weighted by molar-refractivity contribution is 0.669. The van der Waals surface area contributed by atoms with Gasteiger partial charge in [0.1, 0.15) is 11.2 Å². The molecule has 11 rings (SSSR count). The maximum Gasteiger partial charge on any atom is 0.135 e. The molecule has 0 atom stereocenters. The van der Waals surface area contributed by atoms with Gasteiger partial charge in [0.2, 0.25) is 0 Å². The maximum absolute atomic E-state index is 6.23. The van der Waals surface area contributed by atoms with Gasteiger partial charge in [-0.25, -0.2) is 0 Å². The molecule has 0 aliphatic rings. The standard InChI is InChI=1S/C52H33NO/c1-2-10-34(11-3-1)39-13-8-14-41(32-39)53(42-29-31-50-48(33-42)46-16-6-7-19-49(46)54-50)40-27-24-36(25-28-40)43-17-9-18-47-45(43)30-26-38-23-22-37-21-20-35-12-4-5-15-44(35)51(37)52(38)47/h1-33H. The minimum atomic E-state index is 0.887. The number of benzene rings is 10. The molecule has 2 heteroatoms. The molecule has 2 nitrogen and oxygen atoms in total. The average molecular weight is 688 g/mol. The van der Waals surface area contributed by atoms with Crippen molar-refractivity contribution in [2.75, 3.05) is 4.90 Å². The molecular weight excluding hydrogens is 655 g/mol. The van der Waals surface area contributed by atoms with Gasteiger partial charge in [-0.15, -0.1) is 0 Å². The highest BCUT2D eigenvalue weighted by molar-refractivity contribution is 6.28. The molecule has 0 radical (unpaired) electrons. The Hall–Kier alpha value is -7.16. The predicted octanol–water partition coefficient (Wildman–Crippen LogP) is 15.0. The molecule has 0 saturated carbocycles. The zero-order valence-corrected chi connectivity index (χ0v) is 29.4. The highest BCUT2D eigenvalue weighted by Crippen LogP contribution is 2.42. The summed E-state index contributed by atoms with van der Waals surface area (Å²) >= 11 is 0. The Bertz CT molecular complexity index is 3210. The first-order valence-electron chi connectivity index (χ1n) is 18.5. The van der Waals surface area contributed by atoms with Crippen LogP contribution in [0.4, 0.5) is 17.1 Å². The topological polar surface area (TPSA) is 16.4 Å². The summed E-state index contributed by atoms with van der Waals surface area (Å²) in [7, 11) is 0. The van der Waals surface area contributed by atoms with E-state index in [2.05, 4.69) is 193 Å². The number of para-hydroxylation sites is 1. The summed E-state index contributed by atoms with van der Waals surface area (Å²) in [6, 6.07) is 72.3. The molecule has 54 heavy (non-hydrogen) atoms. The third-order valence-corrected chi connectivity index (χ3v) is 11.0. The number of anilines is 3. The summed E-state index contributed by atoms with van der Waals surface area (Å²) < 4.78 is 6.23. The molecule has 0 unspecified atom stereocenters. The Morgan fingerprint density at radius 1 is 0.296 bits per heavy atom. The average Bonchev–Trinajstić information content (AvgIpc) is 3.62. The van der Waals surface area contributed by atoms with Gasteiger partial charge < -0.3 is 9.32 Å². The first-order valence-corrected chi connectivity index (χ1v) is 18.5. The minimum absolute atomic E-state index is 0.887. The van der Waals surface area contributed by atoms with Crippen LogP contribution in [0.3, 0.4) is 0 Å². The van der Waals surface area contributed by atoms with Crippen LogP contribution in [0.15, 0.2) is 205 Å². The van der Waals surface area contributed by atoms with Crippen LogP contribution in [0, 0.1) is 0 Å². The molecule has 11 aromatic rings. The summed E-state index contributed by atoms with van der Waals surface area (Å²) in [4.78, 5) is 2.35. The second-order valence-corrected chi connectivity index (χ2v) is 14.1. The number of nitrogens with zero attached hydrogens (tertiary/aromatic N) is 1. The van der Waals surface area contributed by atoms with Gasteiger partial charge in [0, 0.05) is 27.8 Å². The van der Waals surface area contributed by atoms with Crippen molar-refractivity contribution in [1.82, 2.24) is 0 Å². The van der Waals surface area contributed by atoms with E-state index in [4.69, 9.17) is 4.42 Å². The summed E-state index contributed by atoms with van der Waals surface area (Å²) in [5.74, 6) is 0. The number of hydrogen-bond donors (Lipinski definition) is 0. The number of rotatable bonds is 5. The first-order chi connectivity index (χ1) is 26.8. The fraction of sp³-hybridized carbons (Fsp3) is 0. The lowest BCUT2D eigenvalue weighted by Crippen LogP contribution is -2.10. The number of furan rings is 1. The van der Waals surface area contributed by atoms with Crippen LogP contribution in [0.1, 0.15) is 0 Å². The number of hydrogen-bond acceptors (Lipinski definition) is 2. The molecule has 0 saturated heterocycles. The van der Waals surface area contributed by atoms with Crippen molar-refractivity contribution < 1.29 is 4.42 Å². The molecule has 0 spiro atoms. The van der Waals surface area contributed by atoms with E-state index in [1.807, 2.05) is 12.1 Å². The Morgan fingerprint density at radius 2 is 0.907 bits per heavy atom. The monoisotopic (exact) mass is 687 g/mol. The van der Waals surface area contributed by atoms with Crippen LogP contribution < -0.4 is 4.90 Å². The van der Waals surface area contributed by atoms with Crippen molar-refractivity contribution in [3.63, 3.8) is 0 Å². The van der Waals surface area contributed by atoms with Gasteiger partial charge in [-0.05, 0) is 114 Å². The summed E-state index contributed by atoms with van der Waals surface area (Å²) in [5, 5.41) is 12.5. The summed E-state index contributed by atoms with van der Waals surface area (Å²) in [6.45, 7) is 0. The summed E-state index contributed by atoms with van der Waals surface area (Å²) in [5.41, 5.74) is 9.80. The molecule has 0 aliphatic heterocycles. The second kappa shape index (κ2) is 12.2. The van der Waals surface area contributed by atoms with Gasteiger partial charge in [-0.1, -0.05) is 152 Å². The molecule has 1 heterocycles. The highest BCUT2D eigenvalue weighted by atomic mass is 16.3. The van der Waals surface area contributed by atoms with Crippen LogP contribution in [-0.4, -0.2) is 0 Å². The van der Waals surface area contributed by atoms with Crippen molar-refractivity contribution in [2.24, 2.45) is 0 Å². The fourth-order valence-electron chi connectivity index (χ4n) is 8.48. The summed E-state index contributed by atoms with van der Waals surface area (Å²) in [6.07, 6.45) is 0. The smallest absolute Gasteiger partial charge is 0.135 e.